The van der Waals surface area contributed by atoms with E-state index in [9.17, 15) is 19.7 Å². The third-order valence-electron chi connectivity index (χ3n) is 4.89. The van der Waals surface area contributed by atoms with Crippen LogP contribution in [0, 0.1) is 16.0 Å². The third kappa shape index (κ3) is 3.54. The Bertz CT molecular complexity index is 694. The third-order valence-corrected chi connectivity index (χ3v) is 4.89. The summed E-state index contributed by atoms with van der Waals surface area (Å²) in [6.45, 7) is 2.81. The molecule has 0 aliphatic carbocycles. The molecule has 2 fully saturated rings. The maximum absolute atomic E-state index is 12.5. The first-order valence-corrected chi connectivity index (χ1v) is 8.45. The smallest absolute Gasteiger partial charge is 0.288 e. The van der Waals surface area contributed by atoms with E-state index in [0.29, 0.717) is 31.7 Å². The van der Waals surface area contributed by atoms with Gasteiger partial charge in [0.25, 0.3) is 11.6 Å². The highest BCUT2D eigenvalue weighted by Gasteiger charge is 2.31. The van der Waals surface area contributed by atoms with Gasteiger partial charge in [0, 0.05) is 38.2 Å². The summed E-state index contributed by atoms with van der Waals surface area (Å²) in [5.74, 6) is -0.194. The molecular formula is C16H21N5O4. The van der Waals surface area contributed by atoms with E-state index in [1.165, 1.54) is 0 Å². The summed E-state index contributed by atoms with van der Waals surface area (Å²) in [5, 5.41) is 10.9. The first kappa shape index (κ1) is 17.1. The van der Waals surface area contributed by atoms with Crippen LogP contribution in [0.1, 0.15) is 36.0 Å². The van der Waals surface area contributed by atoms with Crippen LogP contribution >= 0.6 is 0 Å². The van der Waals surface area contributed by atoms with Gasteiger partial charge >= 0.3 is 0 Å². The van der Waals surface area contributed by atoms with Crippen molar-refractivity contribution in [3.8, 4) is 0 Å². The van der Waals surface area contributed by atoms with Crippen LogP contribution in [0.5, 0.6) is 0 Å². The summed E-state index contributed by atoms with van der Waals surface area (Å²) in [6.07, 6.45) is 4.61. The molecule has 1 aromatic rings. The van der Waals surface area contributed by atoms with Crippen molar-refractivity contribution in [2.24, 2.45) is 11.7 Å². The predicted molar refractivity (Wildman–Crippen MR) is 90.2 cm³/mol. The van der Waals surface area contributed by atoms with Gasteiger partial charge < -0.3 is 15.5 Å². The quantitative estimate of drug-likeness (QED) is 0.638. The first-order valence-electron chi connectivity index (χ1n) is 8.45. The Hall–Kier alpha value is -2.71. The second-order valence-corrected chi connectivity index (χ2v) is 6.48. The lowest BCUT2D eigenvalue weighted by atomic mass is 9.95. The second-order valence-electron chi connectivity index (χ2n) is 6.48. The molecule has 0 unspecified atom stereocenters. The summed E-state index contributed by atoms with van der Waals surface area (Å²) in [5.41, 5.74) is 5.13. The van der Waals surface area contributed by atoms with Crippen LogP contribution in [-0.4, -0.2) is 52.8 Å². The molecule has 2 aliphatic rings. The molecule has 25 heavy (non-hydrogen) atoms. The SMILES string of the molecule is NC(=O)c1cc([N+](=O)[O-])cnc1N1CCC(C(=O)N2CCCC2)CC1. The number of nitrogens with two attached hydrogens (primary N) is 1. The fraction of sp³-hybridized carbons (Fsp3) is 0.562. The molecule has 9 heteroatoms. The number of carbonyl (C=O) groups is 2. The van der Waals surface area contributed by atoms with Gasteiger partial charge in [0.15, 0.2) is 0 Å². The molecule has 2 aliphatic heterocycles. The number of nitro groups is 1. The van der Waals surface area contributed by atoms with Gasteiger partial charge in [0.1, 0.15) is 12.0 Å². The lowest BCUT2D eigenvalue weighted by Crippen LogP contribution is -2.42. The number of primary amides is 1. The van der Waals surface area contributed by atoms with E-state index in [1.54, 1.807) is 0 Å². The van der Waals surface area contributed by atoms with E-state index < -0.39 is 10.8 Å². The molecule has 0 radical (unpaired) electrons. The molecule has 0 atom stereocenters. The van der Waals surface area contributed by atoms with Gasteiger partial charge in [-0.05, 0) is 25.7 Å². The van der Waals surface area contributed by atoms with Crippen LogP contribution in [0.3, 0.4) is 0 Å². The van der Waals surface area contributed by atoms with Crippen LogP contribution in [0.25, 0.3) is 0 Å². The van der Waals surface area contributed by atoms with E-state index in [1.807, 2.05) is 9.80 Å². The minimum atomic E-state index is -0.749. The molecule has 0 spiro atoms. The average Bonchev–Trinajstić information content (AvgIpc) is 3.15. The van der Waals surface area contributed by atoms with Crippen LogP contribution in [0.15, 0.2) is 12.3 Å². The minimum absolute atomic E-state index is 0.00979. The highest BCUT2D eigenvalue weighted by Crippen LogP contribution is 2.28. The standard InChI is InChI=1S/C16H21N5O4/c17-14(22)13-9-12(21(24)25)10-18-15(13)19-7-3-11(4-8-19)16(23)20-5-1-2-6-20/h9-11H,1-8H2,(H2,17,22). The molecule has 1 aromatic heterocycles. The summed E-state index contributed by atoms with van der Waals surface area (Å²) in [4.78, 5) is 42.3. The average molecular weight is 347 g/mol. The Balaban J connectivity index is 1.71. The normalized spacial score (nSPS) is 18.4. The van der Waals surface area contributed by atoms with E-state index >= 15 is 0 Å². The van der Waals surface area contributed by atoms with Crippen molar-refractivity contribution in [3.05, 3.63) is 27.9 Å². The summed E-state index contributed by atoms with van der Waals surface area (Å²) in [7, 11) is 0. The number of carbonyl (C=O) groups excluding carboxylic acids is 2. The minimum Gasteiger partial charge on any atom is -0.365 e. The first-order chi connectivity index (χ1) is 12.0. The number of hydrogen-bond acceptors (Lipinski definition) is 6. The molecule has 2 amide bonds. The number of pyridine rings is 1. The number of nitrogens with zero attached hydrogens (tertiary/aromatic N) is 4. The van der Waals surface area contributed by atoms with Crippen LogP contribution in [0.2, 0.25) is 0 Å². The molecular weight excluding hydrogens is 326 g/mol. The van der Waals surface area contributed by atoms with Crippen molar-refractivity contribution in [1.82, 2.24) is 9.88 Å². The molecule has 3 heterocycles. The maximum atomic E-state index is 12.5. The van der Waals surface area contributed by atoms with Gasteiger partial charge in [-0.3, -0.25) is 19.7 Å². The number of likely N-dealkylation sites (tertiary alicyclic amines) is 1. The van der Waals surface area contributed by atoms with E-state index in [2.05, 4.69) is 4.98 Å². The Morgan fingerprint density at radius 3 is 2.40 bits per heavy atom. The van der Waals surface area contributed by atoms with E-state index in [0.717, 1.165) is 38.2 Å². The highest BCUT2D eigenvalue weighted by molar-refractivity contribution is 5.98. The molecule has 0 bridgehead atoms. The molecule has 2 saturated heterocycles. The zero-order valence-corrected chi connectivity index (χ0v) is 13.9. The van der Waals surface area contributed by atoms with Gasteiger partial charge in [-0.25, -0.2) is 4.98 Å². The Kier molecular flexibility index (Phi) is 4.82. The van der Waals surface area contributed by atoms with Crippen molar-refractivity contribution < 1.29 is 14.5 Å². The van der Waals surface area contributed by atoms with Crippen molar-refractivity contribution in [2.75, 3.05) is 31.1 Å². The van der Waals surface area contributed by atoms with Crippen molar-refractivity contribution in [3.63, 3.8) is 0 Å². The number of anilines is 1. The van der Waals surface area contributed by atoms with Gasteiger partial charge in [-0.1, -0.05) is 0 Å². The monoisotopic (exact) mass is 347 g/mol. The van der Waals surface area contributed by atoms with Crippen molar-refractivity contribution in [2.45, 2.75) is 25.7 Å². The van der Waals surface area contributed by atoms with Crippen LogP contribution < -0.4 is 10.6 Å². The number of hydrogen-bond donors (Lipinski definition) is 1. The second kappa shape index (κ2) is 7.04. The van der Waals surface area contributed by atoms with Crippen molar-refractivity contribution >= 4 is 23.3 Å². The molecule has 0 aromatic carbocycles. The number of amides is 2. The van der Waals surface area contributed by atoms with Crippen molar-refractivity contribution in [1.29, 1.82) is 0 Å². The van der Waals surface area contributed by atoms with E-state index in [-0.39, 0.29) is 23.1 Å². The number of aromatic nitrogens is 1. The van der Waals surface area contributed by atoms with E-state index in [4.69, 9.17) is 5.73 Å². The topological polar surface area (TPSA) is 123 Å². The Morgan fingerprint density at radius 2 is 1.84 bits per heavy atom. The summed E-state index contributed by atoms with van der Waals surface area (Å²) in [6, 6.07) is 1.16. The molecule has 0 saturated carbocycles. The zero-order valence-electron chi connectivity index (χ0n) is 13.9. The Morgan fingerprint density at radius 1 is 1.20 bits per heavy atom. The maximum Gasteiger partial charge on any atom is 0.288 e. The van der Waals surface area contributed by atoms with Gasteiger partial charge in [-0.15, -0.1) is 0 Å². The summed E-state index contributed by atoms with van der Waals surface area (Å²) < 4.78 is 0. The molecule has 9 nitrogen and oxygen atoms in total. The number of rotatable bonds is 4. The Labute approximate surface area is 144 Å². The molecule has 2 N–H and O–H groups in total. The zero-order chi connectivity index (χ0) is 18.0. The predicted octanol–water partition coefficient (Wildman–Crippen LogP) is 0.927. The van der Waals surface area contributed by atoms with Gasteiger partial charge in [-0.2, -0.15) is 0 Å². The van der Waals surface area contributed by atoms with Crippen LogP contribution in [-0.2, 0) is 4.79 Å². The van der Waals surface area contributed by atoms with Gasteiger partial charge in [0.05, 0.1) is 10.5 Å². The lowest BCUT2D eigenvalue weighted by molar-refractivity contribution is -0.385. The summed E-state index contributed by atoms with van der Waals surface area (Å²) >= 11 is 0. The number of piperidine rings is 1. The fourth-order valence-electron chi connectivity index (χ4n) is 3.51. The molecule has 134 valence electrons. The fourth-order valence-corrected chi connectivity index (χ4v) is 3.51. The largest absolute Gasteiger partial charge is 0.365 e. The van der Waals surface area contributed by atoms with Gasteiger partial charge in [0.2, 0.25) is 5.91 Å². The molecule has 3 rings (SSSR count). The highest BCUT2D eigenvalue weighted by atomic mass is 16.6. The van der Waals surface area contributed by atoms with Crippen LogP contribution in [0.4, 0.5) is 11.5 Å². The lowest BCUT2D eigenvalue weighted by Gasteiger charge is -2.34.